The zero-order chi connectivity index (χ0) is 18.0. The van der Waals surface area contributed by atoms with Gasteiger partial charge in [-0.15, -0.1) is 12.4 Å². The minimum atomic E-state index is -0.134. The van der Waals surface area contributed by atoms with Crippen molar-refractivity contribution >= 4 is 29.1 Å². The van der Waals surface area contributed by atoms with Crippen LogP contribution >= 0.6 is 12.4 Å². The van der Waals surface area contributed by atoms with Gasteiger partial charge in [-0.3, -0.25) is 9.69 Å². The van der Waals surface area contributed by atoms with Crippen LogP contribution in [0.2, 0.25) is 0 Å². The van der Waals surface area contributed by atoms with Gasteiger partial charge in [-0.1, -0.05) is 49.4 Å². The molecule has 2 aromatic carbocycles. The van der Waals surface area contributed by atoms with Crippen LogP contribution in [-0.4, -0.2) is 36.5 Å². The number of hydrogen-bond acceptors (Lipinski definition) is 3. The van der Waals surface area contributed by atoms with Gasteiger partial charge >= 0.3 is 0 Å². The van der Waals surface area contributed by atoms with Crippen molar-refractivity contribution in [2.75, 3.05) is 19.6 Å². The van der Waals surface area contributed by atoms with Crippen LogP contribution in [0.25, 0.3) is 10.8 Å². The van der Waals surface area contributed by atoms with E-state index >= 15 is 0 Å². The van der Waals surface area contributed by atoms with Crippen LogP contribution in [0.4, 0.5) is 0 Å². The molecule has 0 saturated carbocycles. The number of carbonyl (C=O) groups excluding carboxylic acids is 1. The van der Waals surface area contributed by atoms with Crippen LogP contribution in [0.5, 0.6) is 0 Å². The maximum Gasteiger partial charge on any atom is 0.237 e. The molecule has 5 heteroatoms. The van der Waals surface area contributed by atoms with Crippen molar-refractivity contribution in [2.24, 2.45) is 11.1 Å². The molecule has 26 heavy (non-hydrogen) atoms. The number of rotatable bonds is 5. The van der Waals surface area contributed by atoms with E-state index in [-0.39, 0.29) is 35.8 Å². The molecule has 0 aliphatic carbocycles. The molecule has 2 aromatic rings. The van der Waals surface area contributed by atoms with Crippen molar-refractivity contribution in [3.8, 4) is 0 Å². The third-order valence-corrected chi connectivity index (χ3v) is 5.66. The number of hydrogen-bond donors (Lipinski definition) is 2. The fraction of sp³-hybridized carbons (Fsp3) is 0.476. The molecule has 0 bridgehead atoms. The number of nitrogens with one attached hydrogen (secondary N) is 1. The molecule has 3 unspecified atom stereocenters. The van der Waals surface area contributed by atoms with E-state index < -0.39 is 0 Å². The average molecular weight is 376 g/mol. The summed E-state index contributed by atoms with van der Waals surface area (Å²) in [5.41, 5.74) is 7.18. The number of benzene rings is 2. The minimum Gasteiger partial charge on any atom is -0.348 e. The Bertz CT molecular complexity index is 761. The Morgan fingerprint density at radius 2 is 1.92 bits per heavy atom. The topological polar surface area (TPSA) is 58.4 Å². The lowest BCUT2D eigenvalue weighted by Gasteiger charge is -2.28. The molecule has 3 atom stereocenters. The Kier molecular flexibility index (Phi) is 6.67. The summed E-state index contributed by atoms with van der Waals surface area (Å²) in [7, 11) is 0. The molecule has 0 aromatic heterocycles. The molecular formula is C21H30ClN3O. The second-order valence-electron chi connectivity index (χ2n) is 7.71. The van der Waals surface area contributed by atoms with E-state index in [1.165, 1.54) is 10.8 Å². The zero-order valence-corrected chi connectivity index (χ0v) is 16.7. The van der Waals surface area contributed by atoms with E-state index in [2.05, 4.69) is 54.4 Å². The monoisotopic (exact) mass is 375 g/mol. The van der Waals surface area contributed by atoms with Crippen molar-refractivity contribution < 1.29 is 4.79 Å². The lowest BCUT2D eigenvalue weighted by atomic mass is 9.90. The molecule has 0 spiro atoms. The van der Waals surface area contributed by atoms with Crippen LogP contribution < -0.4 is 11.1 Å². The summed E-state index contributed by atoms with van der Waals surface area (Å²) in [6.45, 7) is 8.75. The molecule has 3 N–H and O–H groups in total. The summed E-state index contributed by atoms with van der Waals surface area (Å²) in [5.74, 6) is 0.0849. The molecule has 1 saturated heterocycles. The van der Waals surface area contributed by atoms with E-state index in [0.717, 1.165) is 25.1 Å². The SMILES string of the molecule is CC(NC(=O)C(C)N1CCC(C)(CN)C1)c1cccc2ccccc12.Cl. The van der Waals surface area contributed by atoms with Crippen LogP contribution in [0.1, 0.15) is 38.8 Å². The highest BCUT2D eigenvalue weighted by Crippen LogP contribution is 2.30. The Morgan fingerprint density at radius 3 is 2.62 bits per heavy atom. The first kappa shape index (κ1) is 20.7. The first-order valence-electron chi connectivity index (χ1n) is 9.16. The molecule has 1 aliphatic rings. The van der Waals surface area contributed by atoms with Gasteiger partial charge in [0.25, 0.3) is 0 Å². The third-order valence-electron chi connectivity index (χ3n) is 5.66. The summed E-state index contributed by atoms with van der Waals surface area (Å²) in [4.78, 5) is 15.0. The van der Waals surface area contributed by atoms with Crippen LogP contribution in [0.15, 0.2) is 42.5 Å². The lowest BCUT2D eigenvalue weighted by Crippen LogP contribution is -2.45. The molecule has 1 aliphatic heterocycles. The summed E-state index contributed by atoms with van der Waals surface area (Å²) in [6, 6.07) is 14.4. The lowest BCUT2D eigenvalue weighted by molar-refractivity contribution is -0.126. The average Bonchev–Trinajstić information content (AvgIpc) is 3.03. The molecule has 142 valence electrons. The molecule has 1 amide bonds. The number of fused-ring (bicyclic) bond motifs is 1. The van der Waals surface area contributed by atoms with Crippen LogP contribution in [0.3, 0.4) is 0 Å². The van der Waals surface area contributed by atoms with Gasteiger partial charge in [0.2, 0.25) is 5.91 Å². The first-order valence-corrected chi connectivity index (χ1v) is 9.16. The van der Waals surface area contributed by atoms with Gasteiger partial charge in [0.1, 0.15) is 0 Å². The summed E-state index contributed by atoms with van der Waals surface area (Å²) in [6.07, 6.45) is 1.06. The van der Waals surface area contributed by atoms with Gasteiger partial charge in [-0.25, -0.2) is 0 Å². The Morgan fingerprint density at radius 1 is 1.23 bits per heavy atom. The van der Waals surface area contributed by atoms with Gasteiger partial charge in [0, 0.05) is 6.54 Å². The number of nitrogens with two attached hydrogens (primary N) is 1. The first-order chi connectivity index (χ1) is 11.9. The number of nitrogens with zero attached hydrogens (tertiary/aromatic N) is 1. The fourth-order valence-corrected chi connectivity index (χ4v) is 3.76. The Labute approximate surface area is 162 Å². The van der Waals surface area contributed by atoms with Gasteiger partial charge < -0.3 is 11.1 Å². The van der Waals surface area contributed by atoms with Crippen molar-refractivity contribution in [3.63, 3.8) is 0 Å². The number of halogens is 1. The fourth-order valence-electron chi connectivity index (χ4n) is 3.76. The number of carbonyl (C=O) groups is 1. The van der Waals surface area contributed by atoms with E-state index in [9.17, 15) is 4.79 Å². The van der Waals surface area contributed by atoms with Crippen molar-refractivity contribution in [3.05, 3.63) is 48.0 Å². The highest BCUT2D eigenvalue weighted by molar-refractivity contribution is 5.87. The minimum absolute atomic E-state index is 0. The Balaban J connectivity index is 0.00000243. The van der Waals surface area contributed by atoms with Gasteiger partial charge in [-0.05, 0) is 55.1 Å². The smallest absolute Gasteiger partial charge is 0.237 e. The van der Waals surface area contributed by atoms with Crippen molar-refractivity contribution in [2.45, 2.75) is 39.3 Å². The highest BCUT2D eigenvalue weighted by Gasteiger charge is 2.36. The molecule has 1 fully saturated rings. The largest absolute Gasteiger partial charge is 0.348 e. The van der Waals surface area contributed by atoms with E-state index in [4.69, 9.17) is 5.73 Å². The van der Waals surface area contributed by atoms with Crippen LogP contribution in [0, 0.1) is 5.41 Å². The van der Waals surface area contributed by atoms with Crippen molar-refractivity contribution in [1.29, 1.82) is 0 Å². The third kappa shape index (κ3) is 4.20. The highest BCUT2D eigenvalue weighted by atomic mass is 35.5. The predicted octanol–water partition coefficient (Wildman–Crippen LogP) is 3.50. The summed E-state index contributed by atoms with van der Waals surface area (Å²) in [5, 5.41) is 5.60. The molecule has 4 nitrogen and oxygen atoms in total. The van der Waals surface area contributed by atoms with E-state index in [0.29, 0.717) is 6.54 Å². The van der Waals surface area contributed by atoms with Gasteiger partial charge in [0.05, 0.1) is 12.1 Å². The van der Waals surface area contributed by atoms with Gasteiger partial charge in [0.15, 0.2) is 0 Å². The molecule has 3 rings (SSSR count). The summed E-state index contributed by atoms with van der Waals surface area (Å²) >= 11 is 0. The number of likely N-dealkylation sites (tertiary alicyclic amines) is 1. The predicted molar refractivity (Wildman–Crippen MR) is 111 cm³/mol. The summed E-state index contributed by atoms with van der Waals surface area (Å²) < 4.78 is 0. The molecular weight excluding hydrogens is 346 g/mol. The molecule has 0 radical (unpaired) electrons. The number of amides is 1. The molecule has 1 heterocycles. The van der Waals surface area contributed by atoms with Crippen LogP contribution in [-0.2, 0) is 4.79 Å². The normalized spacial score (nSPS) is 22.6. The maximum atomic E-state index is 12.8. The maximum absolute atomic E-state index is 12.8. The second-order valence-corrected chi connectivity index (χ2v) is 7.71. The van der Waals surface area contributed by atoms with E-state index in [1.54, 1.807) is 0 Å². The quantitative estimate of drug-likeness (QED) is 0.840. The Hall–Kier alpha value is -1.62. The standard InChI is InChI=1S/C21H29N3O.ClH/c1-15(18-10-6-8-17-7-4-5-9-19(17)18)23-20(25)16(2)24-12-11-21(3,13-22)14-24;/h4-10,15-16H,11-14,22H2,1-3H3,(H,23,25);1H. The van der Waals surface area contributed by atoms with E-state index in [1.807, 2.05) is 19.1 Å². The second kappa shape index (κ2) is 8.38. The zero-order valence-electron chi connectivity index (χ0n) is 15.9. The van der Waals surface area contributed by atoms with Crippen molar-refractivity contribution in [1.82, 2.24) is 10.2 Å². The van der Waals surface area contributed by atoms with Gasteiger partial charge in [-0.2, -0.15) is 0 Å².